The Morgan fingerprint density at radius 2 is 2.31 bits per heavy atom. The van der Waals surface area contributed by atoms with Crippen molar-refractivity contribution < 1.29 is 0 Å². The van der Waals surface area contributed by atoms with Gasteiger partial charge in [-0.05, 0) is 24.8 Å². The highest BCUT2D eigenvalue weighted by atomic mass is 16.1. The van der Waals surface area contributed by atoms with Crippen LogP contribution in [0.2, 0.25) is 0 Å². The van der Waals surface area contributed by atoms with Crippen LogP contribution in [0.15, 0.2) is 29.2 Å². The molecule has 2 rings (SSSR count). The molecular formula is C13H20N2O. The first-order valence-corrected chi connectivity index (χ1v) is 6.16. The van der Waals surface area contributed by atoms with Crippen LogP contribution in [-0.4, -0.2) is 17.2 Å². The summed E-state index contributed by atoms with van der Waals surface area (Å²) in [5.41, 5.74) is 0.0868. The zero-order valence-electron chi connectivity index (χ0n) is 9.86. The SMILES string of the molecule is CC1CCCC1NCCn1ccccc1=O. The second-order valence-corrected chi connectivity index (χ2v) is 4.70. The molecule has 1 aliphatic rings. The fourth-order valence-electron chi connectivity index (χ4n) is 2.46. The van der Waals surface area contributed by atoms with Crippen LogP contribution in [0.3, 0.4) is 0 Å². The van der Waals surface area contributed by atoms with Crippen LogP contribution in [0.4, 0.5) is 0 Å². The Morgan fingerprint density at radius 1 is 1.44 bits per heavy atom. The quantitative estimate of drug-likeness (QED) is 0.836. The van der Waals surface area contributed by atoms with Crippen LogP contribution < -0.4 is 10.9 Å². The smallest absolute Gasteiger partial charge is 0.250 e. The lowest BCUT2D eigenvalue weighted by Crippen LogP contribution is -2.35. The summed E-state index contributed by atoms with van der Waals surface area (Å²) >= 11 is 0. The average Bonchev–Trinajstić information content (AvgIpc) is 2.67. The Kier molecular flexibility index (Phi) is 3.78. The minimum atomic E-state index is 0.0868. The van der Waals surface area contributed by atoms with E-state index in [-0.39, 0.29) is 5.56 Å². The van der Waals surface area contributed by atoms with Crippen molar-refractivity contribution >= 4 is 0 Å². The van der Waals surface area contributed by atoms with Gasteiger partial charge in [-0.25, -0.2) is 0 Å². The van der Waals surface area contributed by atoms with E-state index in [0.717, 1.165) is 19.0 Å². The van der Waals surface area contributed by atoms with Gasteiger partial charge in [0.15, 0.2) is 0 Å². The summed E-state index contributed by atoms with van der Waals surface area (Å²) in [5, 5.41) is 3.55. The third kappa shape index (κ3) is 2.73. The minimum Gasteiger partial charge on any atom is -0.314 e. The molecule has 1 aromatic rings. The largest absolute Gasteiger partial charge is 0.314 e. The predicted octanol–water partition coefficient (Wildman–Crippen LogP) is 1.63. The summed E-state index contributed by atoms with van der Waals surface area (Å²) in [6.45, 7) is 3.96. The van der Waals surface area contributed by atoms with Crippen molar-refractivity contribution in [1.29, 1.82) is 0 Å². The van der Waals surface area contributed by atoms with Crippen molar-refractivity contribution in [1.82, 2.24) is 9.88 Å². The van der Waals surface area contributed by atoms with Crippen molar-refractivity contribution in [3.63, 3.8) is 0 Å². The average molecular weight is 220 g/mol. The van der Waals surface area contributed by atoms with Crippen molar-refractivity contribution in [3.05, 3.63) is 34.7 Å². The highest BCUT2D eigenvalue weighted by Gasteiger charge is 2.22. The molecule has 0 aliphatic heterocycles. The molecule has 1 heterocycles. The van der Waals surface area contributed by atoms with Crippen LogP contribution in [0.1, 0.15) is 26.2 Å². The lowest BCUT2D eigenvalue weighted by Gasteiger charge is -2.17. The van der Waals surface area contributed by atoms with E-state index in [2.05, 4.69) is 12.2 Å². The molecular weight excluding hydrogens is 200 g/mol. The van der Waals surface area contributed by atoms with Gasteiger partial charge in [-0.3, -0.25) is 4.79 Å². The summed E-state index contributed by atoms with van der Waals surface area (Å²) in [6.07, 6.45) is 5.81. The number of nitrogens with zero attached hydrogens (tertiary/aromatic N) is 1. The van der Waals surface area contributed by atoms with Crippen molar-refractivity contribution in [2.75, 3.05) is 6.54 Å². The molecule has 0 saturated heterocycles. The number of hydrogen-bond acceptors (Lipinski definition) is 2. The van der Waals surface area contributed by atoms with Crippen LogP contribution in [0.5, 0.6) is 0 Å². The zero-order valence-corrected chi connectivity index (χ0v) is 9.86. The summed E-state index contributed by atoms with van der Waals surface area (Å²) < 4.78 is 1.76. The normalized spacial score (nSPS) is 24.8. The Balaban J connectivity index is 1.80. The van der Waals surface area contributed by atoms with Crippen LogP contribution in [-0.2, 0) is 6.54 Å². The van der Waals surface area contributed by atoms with Crippen LogP contribution >= 0.6 is 0 Å². The molecule has 88 valence electrons. The molecule has 1 N–H and O–H groups in total. The second kappa shape index (κ2) is 5.30. The summed E-state index contributed by atoms with van der Waals surface area (Å²) in [7, 11) is 0. The van der Waals surface area contributed by atoms with Gasteiger partial charge in [0.2, 0.25) is 0 Å². The van der Waals surface area contributed by atoms with Gasteiger partial charge in [0.05, 0.1) is 0 Å². The molecule has 2 atom stereocenters. The first-order chi connectivity index (χ1) is 7.77. The predicted molar refractivity (Wildman–Crippen MR) is 65.5 cm³/mol. The molecule has 1 saturated carbocycles. The van der Waals surface area contributed by atoms with Crippen LogP contribution in [0, 0.1) is 5.92 Å². The minimum absolute atomic E-state index is 0.0868. The fourth-order valence-corrected chi connectivity index (χ4v) is 2.46. The number of hydrogen-bond donors (Lipinski definition) is 1. The van der Waals surface area contributed by atoms with Crippen LogP contribution in [0.25, 0.3) is 0 Å². The van der Waals surface area contributed by atoms with Gasteiger partial charge >= 0.3 is 0 Å². The fraction of sp³-hybridized carbons (Fsp3) is 0.615. The van der Waals surface area contributed by atoms with Gasteiger partial charge < -0.3 is 9.88 Å². The molecule has 2 unspecified atom stereocenters. The standard InChI is InChI=1S/C13H20N2O/c1-11-5-4-6-12(11)14-8-10-15-9-3-2-7-13(15)16/h2-3,7,9,11-12,14H,4-6,8,10H2,1H3. The third-order valence-electron chi connectivity index (χ3n) is 3.52. The third-order valence-corrected chi connectivity index (χ3v) is 3.52. The number of pyridine rings is 1. The Bertz CT molecular complexity index is 386. The van der Waals surface area contributed by atoms with Gasteiger partial charge in [-0.1, -0.05) is 19.4 Å². The topological polar surface area (TPSA) is 34.0 Å². The Labute approximate surface area is 96.5 Å². The molecule has 0 aromatic carbocycles. The van der Waals surface area contributed by atoms with E-state index in [0.29, 0.717) is 6.04 Å². The lowest BCUT2D eigenvalue weighted by atomic mass is 10.1. The van der Waals surface area contributed by atoms with E-state index in [9.17, 15) is 4.79 Å². The van der Waals surface area contributed by atoms with Gasteiger partial charge in [0.25, 0.3) is 5.56 Å². The number of nitrogens with one attached hydrogen (secondary N) is 1. The van der Waals surface area contributed by atoms with E-state index >= 15 is 0 Å². The van der Waals surface area contributed by atoms with Gasteiger partial charge in [-0.2, -0.15) is 0 Å². The highest BCUT2D eigenvalue weighted by Crippen LogP contribution is 2.24. The van der Waals surface area contributed by atoms with E-state index in [4.69, 9.17) is 0 Å². The molecule has 0 bridgehead atoms. The molecule has 1 fully saturated rings. The molecule has 1 aromatic heterocycles. The van der Waals surface area contributed by atoms with Gasteiger partial charge in [0, 0.05) is 31.4 Å². The molecule has 0 radical (unpaired) electrons. The van der Waals surface area contributed by atoms with Gasteiger partial charge in [0.1, 0.15) is 0 Å². The van der Waals surface area contributed by atoms with Crippen molar-refractivity contribution in [2.45, 2.75) is 38.8 Å². The maximum Gasteiger partial charge on any atom is 0.250 e. The maximum absolute atomic E-state index is 11.4. The maximum atomic E-state index is 11.4. The van der Waals surface area contributed by atoms with E-state index in [1.807, 2.05) is 12.3 Å². The molecule has 1 aliphatic carbocycles. The highest BCUT2D eigenvalue weighted by molar-refractivity contribution is 4.93. The van der Waals surface area contributed by atoms with Crippen molar-refractivity contribution in [2.24, 2.45) is 5.92 Å². The second-order valence-electron chi connectivity index (χ2n) is 4.70. The first kappa shape index (κ1) is 11.4. The van der Waals surface area contributed by atoms with Gasteiger partial charge in [-0.15, -0.1) is 0 Å². The molecule has 3 heteroatoms. The zero-order chi connectivity index (χ0) is 11.4. The molecule has 16 heavy (non-hydrogen) atoms. The molecule has 3 nitrogen and oxygen atoms in total. The summed E-state index contributed by atoms with van der Waals surface area (Å²) in [6, 6.07) is 5.95. The summed E-state index contributed by atoms with van der Waals surface area (Å²) in [5.74, 6) is 0.785. The summed E-state index contributed by atoms with van der Waals surface area (Å²) in [4.78, 5) is 11.4. The van der Waals surface area contributed by atoms with E-state index in [1.165, 1.54) is 19.3 Å². The Hall–Kier alpha value is -1.09. The lowest BCUT2D eigenvalue weighted by molar-refractivity contribution is 0.415. The first-order valence-electron chi connectivity index (χ1n) is 6.16. The molecule has 0 amide bonds. The Morgan fingerprint density at radius 3 is 3.00 bits per heavy atom. The van der Waals surface area contributed by atoms with E-state index in [1.54, 1.807) is 16.7 Å². The number of aromatic nitrogens is 1. The number of rotatable bonds is 4. The van der Waals surface area contributed by atoms with E-state index < -0.39 is 0 Å². The monoisotopic (exact) mass is 220 g/mol. The van der Waals surface area contributed by atoms with Crippen molar-refractivity contribution in [3.8, 4) is 0 Å². The molecule has 0 spiro atoms.